The predicted octanol–water partition coefficient (Wildman–Crippen LogP) is 4.09. The molecule has 0 spiro atoms. The molecule has 1 aliphatic carbocycles. The predicted molar refractivity (Wildman–Crippen MR) is 92.6 cm³/mol. The van der Waals surface area contributed by atoms with Gasteiger partial charge in [0.1, 0.15) is 6.07 Å². The van der Waals surface area contributed by atoms with Gasteiger partial charge in [-0.1, -0.05) is 11.6 Å². The summed E-state index contributed by atoms with van der Waals surface area (Å²) in [6.45, 7) is 4.15. The zero-order valence-corrected chi connectivity index (χ0v) is 14.0. The van der Waals surface area contributed by atoms with Gasteiger partial charge in [-0.25, -0.2) is 0 Å². The number of methoxy groups -OCH3 is 1. The van der Waals surface area contributed by atoms with Crippen LogP contribution in [-0.2, 0) is 4.74 Å². The van der Waals surface area contributed by atoms with E-state index in [-0.39, 0.29) is 0 Å². The first-order chi connectivity index (χ1) is 11.1. The van der Waals surface area contributed by atoms with Gasteiger partial charge in [-0.05, 0) is 51.2 Å². The summed E-state index contributed by atoms with van der Waals surface area (Å²) in [5.41, 5.74) is 4.84. The largest absolute Gasteiger partial charge is 0.381 e. The van der Waals surface area contributed by atoms with Crippen molar-refractivity contribution in [3.05, 3.63) is 35.0 Å². The lowest BCUT2D eigenvalue weighted by molar-refractivity contribution is 0.0669. The van der Waals surface area contributed by atoms with E-state index >= 15 is 0 Å². The van der Waals surface area contributed by atoms with Crippen LogP contribution >= 0.6 is 0 Å². The average Bonchev–Trinajstić information content (AvgIpc) is 2.55. The fourth-order valence-electron chi connectivity index (χ4n) is 3.60. The van der Waals surface area contributed by atoms with Gasteiger partial charge in [-0.2, -0.15) is 5.26 Å². The van der Waals surface area contributed by atoms with E-state index < -0.39 is 0 Å². The number of pyridine rings is 1. The summed E-state index contributed by atoms with van der Waals surface area (Å²) in [5.74, 6) is 0. The van der Waals surface area contributed by atoms with Crippen LogP contribution in [0.15, 0.2) is 18.3 Å². The Bertz CT molecular complexity index is 763. The van der Waals surface area contributed by atoms with Crippen LogP contribution in [0.2, 0.25) is 0 Å². The van der Waals surface area contributed by atoms with E-state index in [1.807, 2.05) is 0 Å². The molecule has 0 amide bonds. The number of benzene rings is 1. The Morgan fingerprint density at radius 1 is 1.30 bits per heavy atom. The first kappa shape index (κ1) is 15.8. The summed E-state index contributed by atoms with van der Waals surface area (Å²) in [7, 11) is 1.78. The third kappa shape index (κ3) is 3.16. The zero-order chi connectivity index (χ0) is 16.4. The van der Waals surface area contributed by atoms with Gasteiger partial charge in [-0.15, -0.1) is 0 Å². The number of nitrogens with zero attached hydrogens (tertiary/aromatic N) is 2. The maximum Gasteiger partial charge on any atom is 0.103 e. The van der Waals surface area contributed by atoms with Gasteiger partial charge in [0.05, 0.1) is 22.9 Å². The van der Waals surface area contributed by atoms with E-state index in [9.17, 15) is 5.26 Å². The Hall–Kier alpha value is -2.12. The highest BCUT2D eigenvalue weighted by molar-refractivity contribution is 5.96. The summed E-state index contributed by atoms with van der Waals surface area (Å²) in [6, 6.07) is 6.88. The van der Waals surface area contributed by atoms with Crippen molar-refractivity contribution in [1.82, 2.24) is 4.98 Å². The van der Waals surface area contributed by atoms with Crippen LogP contribution in [0.5, 0.6) is 0 Å². The van der Waals surface area contributed by atoms with E-state index in [0.717, 1.165) is 47.8 Å². The number of aromatic nitrogens is 1. The van der Waals surface area contributed by atoms with E-state index in [0.29, 0.717) is 17.7 Å². The number of ether oxygens (including phenoxy) is 1. The molecule has 0 bridgehead atoms. The van der Waals surface area contributed by atoms with Crippen LogP contribution in [0, 0.1) is 25.2 Å². The summed E-state index contributed by atoms with van der Waals surface area (Å²) in [6.07, 6.45) is 6.36. The third-order valence-electron chi connectivity index (χ3n) is 4.73. The molecule has 4 nitrogen and oxygen atoms in total. The molecular weight excluding hydrogens is 286 g/mol. The molecule has 23 heavy (non-hydrogen) atoms. The SMILES string of the molecule is COC1CCCC(Nc2c(C#N)cnc3c(C)cc(C)cc23)C1. The number of hydrogen-bond acceptors (Lipinski definition) is 4. The number of rotatable bonds is 3. The molecule has 3 rings (SSSR count). The lowest BCUT2D eigenvalue weighted by atomic mass is 9.92. The minimum atomic E-state index is 0.309. The smallest absolute Gasteiger partial charge is 0.103 e. The molecule has 2 unspecified atom stereocenters. The molecule has 2 atom stereocenters. The fraction of sp³-hybridized carbons (Fsp3) is 0.474. The van der Waals surface area contributed by atoms with E-state index in [1.165, 1.54) is 5.56 Å². The van der Waals surface area contributed by atoms with Gasteiger partial charge in [0.25, 0.3) is 0 Å². The molecule has 120 valence electrons. The second kappa shape index (κ2) is 6.55. The normalized spacial score (nSPS) is 21.1. The molecule has 1 aliphatic rings. The highest BCUT2D eigenvalue weighted by Crippen LogP contribution is 2.32. The highest BCUT2D eigenvalue weighted by Gasteiger charge is 2.23. The maximum absolute atomic E-state index is 9.49. The molecule has 1 heterocycles. The monoisotopic (exact) mass is 309 g/mol. The fourth-order valence-corrected chi connectivity index (χ4v) is 3.60. The van der Waals surface area contributed by atoms with E-state index in [4.69, 9.17) is 4.74 Å². The van der Waals surface area contributed by atoms with Crippen LogP contribution in [-0.4, -0.2) is 24.2 Å². The Morgan fingerprint density at radius 2 is 2.13 bits per heavy atom. The second-order valence-electron chi connectivity index (χ2n) is 6.50. The van der Waals surface area contributed by atoms with Gasteiger partial charge >= 0.3 is 0 Å². The second-order valence-corrected chi connectivity index (χ2v) is 6.50. The first-order valence-electron chi connectivity index (χ1n) is 8.21. The van der Waals surface area contributed by atoms with Crippen molar-refractivity contribution in [3.63, 3.8) is 0 Å². The van der Waals surface area contributed by atoms with Crippen molar-refractivity contribution >= 4 is 16.6 Å². The summed E-state index contributed by atoms with van der Waals surface area (Å²) < 4.78 is 5.52. The number of fused-ring (bicyclic) bond motifs is 1. The van der Waals surface area contributed by atoms with Crippen molar-refractivity contribution in [3.8, 4) is 6.07 Å². The highest BCUT2D eigenvalue weighted by atomic mass is 16.5. The minimum absolute atomic E-state index is 0.309. The molecule has 2 aromatic rings. The van der Waals surface area contributed by atoms with Gasteiger partial charge in [0.15, 0.2) is 0 Å². The Morgan fingerprint density at radius 3 is 2.87 bits per heavy atom. The molecule has 0 aliphatic heterocycles. The molecule has 1 saturated carbocycles. The molecule has 4 heteroatoms. The van der Waals surface area contributed by atoms with Crippen molar-refractivity contribution in [2.45, 2.75) is 51.7 Å². The van der Waals surface area contributed by atoms with Gasteiger partial charge in [0, 0.05) is 24.7 Å². The molecule has 1 fully saturated rings. The molecule has 1 N–H and O–H groups in total. The van der Waals surface area contributed by atoms with Crippen molar-refractivity contribution in [1.29, 1.82) is 5.26 Å². The summed E-state index contributed by atoms with van der Waals surface area (Å²) in [5, 5.41) is 14.2. The van der Waals surface area contributed by atoms with Gasteiger partial charge in [0.2, 0.25) is 0 Å². The Balaban J connectivity index is 2.03. The van der Waals surface area contributed by atoms with Crippen molar-refractivity contribution in [2.24, 2.45) is 0 Å². The number of nitrogens with one attached hydrogen (secondary N) is 1. The molecule has 0 radical (unpaired) electrons. The third-order valence-corrected chi connectivity index (χ3v) is 4.73. The van der Waals surface area contributed by atoms with Crippen molar-refractivity contribution < 1.29 is 4.74 Å². The topological polar surface area (TPSA) is 57.9 Å². The first-order valence-corrected chi connectivity index (χ1v) is 8.21. The standard InChI is InChI=1S/C19H23N3O/c1-12-7-13(2)18-17(8-12)19(14(10-20)11-21-18)22-15-5-4-6-16(9-15)23-3/h7-8,11,15-16H,4-6,9H2,1-3H3,(H,21,22). The van der Waals surface area contributed by atoms with E-state index in [2.05, 4.69) is 42.4 Å². The number of aryl methyl sites for hydroxylation is 2. The number of anilines is 1. The van der Waals surface area contributed by atoms with Gasteiger partial charge in [-0.3, -0.25) is 4.98 Å². The molecule has 1 aromatic heterocycles. The number of nitriles is 1. The van der Waals surface area contributed by atoms with Crippen molar-refractivity contribution in [2.75, 3.05) is 12.4 Å². The lowest BCUT2D eigenvalue weighted by Gasteiger charge is -2.30. The minimum Gasteiger partial charge on any atom is -0.381 e. The van der Waals surface area contributed by atoms with Crippen LogP contribution in [0.25, 0.3) is 10.9 Å². The van der Waals surface area contributed by atoms with Crippen LogP contribution < -0.4 is 5.32 Å². The number of hydrogen-bond donors (Lipinski definition) is 1. The Labute approximate surface area is 137 Å². The van der Waals surface area contributed by atoms with Crippen LogP contribution in [0.3, 0.4) is 0 Å². The quantitative estimate of drug-likeness (QED) is 0.927. The molecule has 1 aromatic carbocycles. The van der Waals surface area contributed by atoms with Crippen LogP contribution in [0.4, 0.5) is 5.69 Å². The summed E-state index contributed by atoms with van der Waals surface area (Å²) in [4.78, 5) is 4.49. The summed E-state index contributed by atoms with van der Waals surface area (Å²) >= 11 is 0. The Kier molecular flexibility index (Phi) is 4.49. The average molecular weight is 309 g/mol. The lowest BCUT2D eigenvalue weighted by Crippen LogP contribution is -2.31. The van der Waals surface area contributed by atoms with Gasteiger partial charge < -0.3 is 10.1 Å². The molecule has 0 saturated heterocycles. The van der Waals surface area contributed by atoms with E-state index in [1.54, 1.807) is 13.3 Å². The zero-order valence-electron chi connectivity index (χ0n) is 14.0. The maximum atomic E-state index is 9.49. The molecular formula is C19H23N3O. The van der Waals surface area contributed by atoms with Crippen LogP contribution in [0.1, 0.15) is 42.4 Å².